The molecular weight excluding hydrogens is 177 g/mol. The molecule has 1 atom stereocenters. The molecule has 1 nitrogen and oxygen atoms in total. The monoisotopic (exact) mass is 193 g/mol. The number of hydrogen-bond acceptors (Lipinski definition) is 1. The lowest BCUT2D eigenvalue weighted by Gasteiger charge is -2.31. The van der Waals surface area contributed by atoms with Crippen LogP contribution in [-0.4, -0.2) is 0 Å². The molecule has 1 aliphatic rings. The standard InChI is InChI=1S/C12H16FN/c1-8-4-2-7-10(11(8)13)12(14)9-5-3-6-9/h2,4,7,9,12H,3,5-6,14H2,1H3/t12-/m1/s1. The fourth-order valence-electron chi connectivity index (χ4n) is 1.98. The van der Waals surface area contributed by atoms with E-state index in [1.165, 1.54) is 6.42 Å². The van der Waals surface area contributed by atoms with Crippen LogP contribution in [-0.2, 0) is 0 Å². The average Bonchev–Trinajstić information content (AvgIpc) is 2.06. The van der Waals surface area contributed by atoms with E-state index in [9.17, 15) is 4.39 Å². The Bertz CT molecular complexity index is 331. The summed E-state index contributed by atoms with van der Waals surface area (Å²) >= 11 is 0. The quantitative estimate of drug-likeness (QED) is 0.767. The molecule has 0 bridgehead atoms. The Morgan fingerprint density at radius 1 is 1.43 bits per heavy atom. The smallest absolute Gasteiger partial charge is 0.130 e. The molecule has 0 unspecified atom stereocenters. The van der Waals surface area contributed by atoms with Gasteiger partial charge in [-0.15, -0.1) is 0 Å². The van der Waals surface area contributed by atoms with Gasteiger partial charge in [-0.25, -0.2) is 4.39 Å². The molecule has 0 radical (unpaired) electrons. The third kappa shape index (κ3) is 1.55. The van der Waals surface area contributed by atoms with Gasteiger partial charge in [-0.1, -0.05) is 24.6 Å². The maximum atomic E-state index is 13.7. The predicted molar refractivity (Wildman–Crippen MR) is 55.4 cm³/mol. The summed E-state index contributed by atoms with van der Waals surface area (Å²) < 4.78 is 13.7. The Balaban J connectivity index is 2.26. The molecule has 76 valence electrons. The topological polar surface area (TPSA) is 26.0 Å². The average molecular weight is 193 g/mol. The highest BCUT2D eigenvalue weighted by atomic mass is 19.1. The summed E-state index contributed by atoms with van der Waals surface area (Å²) in [4.78, 5) is 0. The Morgan fingerprint density at radius 2 is 2.14 bits per heavy atom. The van der Waals surface area contributed by atoms with E-state index in [1.807, 2.05) is 12.1 Å². The fraction of sp³-hybridized carbons (Fsp3) is 0.500. The summed E-state index contributed by atoms with van der Waals surface area (Å²) in [6.45, 7) is 1.78. The van der Waals surface area contributed by atoms with Crippen molar-refractivity contribution in [3.63, 3.8) is 0 Å². The van der Waals surface area contributed by atoms with Crippen molar-refractivity contribution in [2.45, 2.75) is 32.2 Å². The molecule has 0 heterocycles. The minimum atomic E-state index is -0.119. The largest absolute Gasteiger partial charge is 0.324 e. The zero-order valence-electron chi connectivity index (χ0n) is 8.46. The van der Waals surface area contributed by atoms with Gasteiger partial charge in [0.1, 0.15) is 5.82 Å². The van der Waals surface area contributed by atoms with Gasteiger partial charge in [0.15, 0.2) is 0 Å². The van der Waals surface area contributed by atoms with Crippen molar-refractivity contribution in [2.75, 3.05) is 0 Å². The van der Waals surface area contributed by atoms with Crippen molar-refractivity contribution in [2.24, 2.45) is 11.7 Å². The van der Waals surface area contributed by atoms with E-state index in [4.69, 9.17) is 5.73 Å². The van der Waals surface area contributed by atoms with Gasteiger partial charge in [0.05, 0.1) is 0 Å². The van der Waals surface area contributed by atoms with Crippen LogP contribution in [0.2, 0.25) is 0 Å². The van der Waals surface area contributed by atoms with E-state index in [2.05, 4.69) is 0 Å². The van der Waals surface area contributed by atoms with E-state index in [-0.39, 0.29) is 11.9 Å². The van der Waals surface area contributed by atoms with E-state index >= 15 is 0 Å². The molecule has 14 heavy (non-hydrogen) atoms. The number of hydrogen-bond donors (Lipinski definition) is 1. The van der Waals surface area contributed by atoms with Crippen LogP contribution in [0.3, 0.4) is 0 Å². The molecule has 2 heteroatoms. The van der Waals surface area contributed by atoms with Crippen LogP contribution in [0.5, 0.6) is 0 Å². The molecule has 1 aromatic rings. The number of benzene rings is 1. The first-order valence-electron chi connectivity index (χ1n) is 5.20. The van der Waals surface area contributed by atoms with Crippen molar-refractivity contribution in [3.05, 3.63) is 35.1 Å². The van der Waals surface area contributed by atoms with Crippen LogP contribution < -0.4 is 5.73 Å². The molecule has 1 fully saturated rings. The van der Waals surface area contributed by atoms with Gasteiger partial charge in [0.25, 0.3) is 0 Å². The Hall–Kier alpha value is -0.890. The van der Waals surface area contributed by atoms with E-state index in [0.717, 1.165) is 12.8 Å². The summed E-state index contributed by atoms with van der Waals surface area (Å²) in [7, 11) is 0. The third-order valence-corrected chi connectivity index (χ3v) is 3.24. The highest BCUT2D eigenvalue weighted by molar-refractivity contribution is 5.28. The van der Waals surface area contributed by atoms with Gasteiger partial charge in [0.2, 0.25) is 0 Å². The minimum Gasteiger partial charge on any atom is -0.324 e. The van der Waals surface area contributed by atoms with Crippen LogP contribution in [0.25, 0.3) is 0 Å². The van der Waals surface area contributed by atoms with Crippen LogP contribution in [0.1, 0.15) is 36.4 Å². The van der Waals surface area contributed by atoms with E-state index < -0.39 is 0 Å². The van der Waals surface area contributed by atoms with Gasteiger partial charge in [0, 0.05) is 11.6 Å². The fourth-order valence-corrected chi connectivity index (χ4v) is 1.98. The van der Waals surface area contributed by atoms with E-state index in [1.54, 1.807) is 13.0 Å². The summed E-state index contributed by atoms with van der Waals surface area (Å²) in [5.74, 6) is 0.373. The number of halogens is 1. The van der Waals surface area contributed by atoms with Crippen LogP contribution in [0.15, 0.2) is 18.2 Å². The van der Waals surface area contributed by atoms with Gasteiger partial charge in [-0.05, 0) is 31.2 Å². The number of rotatable bonds is 2. The lowest BCUT2D eigenvalue weighted by molar-refractivity contribution is 0.260. The summed E-state index contributed by atoms with van der Waals surface area (Å²) in [5, 5.41) is 0. The van der Waals surface area contributed by atoms with Crippen molar-refractivity contribution >= 4 is 0 Å². The highest BCUT2D eigenvalue weighted by Gasteiger charge is 2.27. The molecule has 1 saturated carbocycles. The lowest BCUT2D eigenvalue weighted by atomic mass is 9.77. The minimum absolute atomic E-state index is 0.108. The zero-order valence-corrected chi connectivity index (χ0v) is 8.46. The SMILES string of the molecule is Cc1cccc([C@H](N)C2CCC2)c1F. The first-order valence-corrected chi connectivity index (χ1v) is 5.20. The Kier molecular flexibility index (Phi) is 2.55. The number of aryl methyl sites for hydroxylation is 1. The lowest BCUT2D eigenvalue weighted by Crippen LogP contribution is -2.27. The number of nitrogens with two attached hydrogens (primary N) is 1. The molecule has 2 N–H and O–H groups in total. The van der Waals surface area contributed by atoms with Gasteiger partial charge < -0.3 is 5.73 Å². The molecule has 0 saturated heterocycles. The summed E-state index contributed by atoms with van der Waals surface area (Å²) in [6, 6.07) is 5.37. The third-order valence-electron chi connectivity index (χ3n) is 3.24. The molecule has 2 rings (SSSR count). The molecule has 0 aromatic heterocycles. The Labute approximate surface area is 84.1 Å². The normalized spacial score (nSPS) is 19.1. The summed E-state index contributed by atoms with van der Waals surface area (Å²) in [5.41, 5.74) is 7.41. The zero-order chi connectivity index (χ0) is 10.1. The van der Waals surface area contributed by atoms with Crippen LogP contribution >= 0.6 is 0 Å². The van der Waals surface area contributed by atoms with Crippen LogP contribution in [0, 0.1) is 18.7 Å². The Morgan fingerprint density at radius 3 is 2.71 bits per heavy atom. The molecule has 0 spiro atoms. The maximum absolute atomic E-state index is 13.7. The second kappa shape index (κ2) is 3.70. The van der Waals surface area contributed by atoms with Crippen molar-refractivity contribution < 1.29 is 4.39 Å². The van der Waals surface area contributed by atoms with Gasteiger partial charge in [-0.2, -0.15) is 0 Å². The highest BCUT2D eigenvalue weighted by Crippen LogP contribution is 2.37. The predicted octanol–water partition coefficient (Wildman–Crippen LogP) is 2.93. The van der Waals surface area contributed by atoms with Gasteiger partial charge >= 0.3 is 0 Å². The first kappa shape index (κ1) is 9.66. The van der Waals surface area contributed by atoms with E-state index in [0.29, 0.717) is 17.0 Å². The van der Waals surface area contributed by atoms with Crippen molar-refractivity contribution in [1.29, 1.82) is 0 Å². The molecule has 1 aromatic carbocycles. The molecule has 0 aliphatic heterocycles. The maximum Gasteiger partial charge on any atom is 0.130 e. The van der Waals surface area contributed by atoms with Crippen LogP contribution in [0.4, 0.5) is 4.39 Å². The second-order valence-electron chi connectivity index (χ2n) is 4.19. The van der Waals surface area contributed by atoms with Gasteiger partial charge in [-0.3, -0.25) is 0 Å². The van der Waals surface area contributed by atoms with Crippen molar-refractivity contribution in [1.82, 2.24) is 0 Å². The van der Waals surface area contributed by atoms with Crippen molar-refractivity contribution in [3.8, 4) is 0 Å². The first-order chi connectivity index (χ1) is 6.70. The molecular formula is C12H16FN. The summed E-state index contributed by atoms with van der Waals surface area (Å²) in [6.07, 6.45) is 3.54. The second-order valence-corrected chi connectivity index (χ2v) is 4.19. The molecule has 1 aliphatic carbocycles. The molecule has 0 amide bonds.